The first-order valence-electron chi connectivity index (χ1n) is 8.69. The van der Waals surface area contributed by atoms with E-state index in [2.05, 4.69) is 31.2 Å². The van der Waals surface area contributed by atoms with Gasteiger partial charge in [0.1, 0.15) is 0 Å². The van der Waals surface area contributed by atoms with Crippen LogP contribution in [-0.4, -0.2) is 17.8 Å². The lowest BCUT2D eigenvalue weighted by Gasteiger charge is -2.25. The van der Waals surface area contributed by atoms with E-state index in [1.807, 2.05) is 0 Å². The summed E-state index contributed by atoms with van der Waals surface area (Å²) in [6, 6.07) is 8.76. The number of aliphatic hydroxyl groups is 1. The quantitative estimate of drug-likeness (QED) is 0.878. The summed E-state index contributed by atoms with van der Waals surface area (Å²) in [7, 11) is 0. The van der Waals surface area contributed by atoms with Crippen LogP contribution in [0, 0.1) is 5.92 Å². The van der Waals surface area contributed by atoms with E-state index in [4.69, 9.17) is 4.74 Å². The highest BCUT2D eigenvalue weighted by atomic mass is 16.5. The molecule has 0 radical (unpaired) electrons. The summed E-state index contributed by atoms with van der Waals surface area (Å²) in [5, 5.41) is 10.6. The second kappa shape index (κ2) is 6.93. The van der Waals surface area contributed by atoms with Gasteiger partial charge in [-0.05, 0) is 42.7 Å². The predicted octanol–water partition coefficient (Wildman–Crippen LogP) is 4.58. The zero-order valence-corrected chi connectivity index (χ0v) is 13.1. The van der Waals surface area contributed by atoms with Crippen LogP contribution < -0.4 is 0 Å². The van der Waals surface area contributed by atoms with Gasteiger partial charge in [0.25, 0.3) is 0 Å². The van der Waals surface area contributed by atoms with Gasteiger partial charge in [0.15, 0.2) is 0 Å². The second-order valence-electron chi connectivity index (χ2n) is 6.72. The van der Waals surface area contributed by atoms with Gasteiger partial charge in [-0.3, -0.25) is 0 Å². The van der Waals surface area contributed by atoms with E-state index < -0.39 is 0 Å². The van der Waals surface area contributed by atoms with Crippen LogP contribution in [0.1, 0.15) is 75.0 Å². The molecule has 2 fully saturated rings. The number of ether oxygens (including phenoxy) is 1. The van der Waals surface area contributed by atoms with Crippen LogP contribution >= 0.6 is 0 Å². The lowest BCUT2D eigenvalue weighted by molar-refractivity contribution is 0.0307. The van der Waals surface area contributed by atoms with Crippen molar-refractivity contribution in [1.29, 1.82) is 0 Å². The zero-order valence-electron chi connectivity index (χ0n) is 13.1. The molecule has 3 atom stereocenters. The number of hydrogen-bond acceptors (Lipinski definition) is 2. The fourth-order valence-corrected chi connectivity index (χ4v) is 4.10. The Hall–Kier alpha value is -0.860. The van der Waals surface area contributed by atoms with Gasteiger partial charge in [-0.15, -0.1) is 0 Å². The standard InChI is InChI=1S/C19H28O2/c1-2-18-17(12-13-21-18)19(20)16-10-8-15(9-11-16)14-6-4-3-5-7-14/h8-11,14,17-20H,2-7,12-13H2,1H3. The third-order valence-corrected chi connectivity index (χ3v) is 5.42. The van der Waals surface area contributed by atoms with Gasteiger partial charge in [-0.2, -0.15) is 0 Å². The molecule has 21 heavy (non-hydrogen) atoms. The highest BCUT2D eigenvalue weighted by Crippen LogP contribution is 2.36. The molecule has 1 aliphatic carbocycles. The number of aliphatic hydroxyl groups excluding tert-OH is 1. The van der Waals surface area contributed by atoms with Crippen LogP contribution in [0.4, 0.5) is 0 Å². The van der Waals surface area contributed by atoms with E-state index in [1.54, 1.807) is 0 Å². The molecule has 0 amide bonds. The topological polar surface area (TPSA) is 29.5 Å². The maximum atomic E-state index is 10.6. The maximum absolute atomic E-state index is 10.6. The largest absolute Gasteiger partial charge is 0.388 e. The average Bonchev–Trinajstić information content (AvgIpc) is 3.04. The summed E-state index contributed by atoms with van der Waals surface area (Å²) in [6.45, 7) is 2.93. The molecule has 1 saturated heterocycles. The van der Waals surface area contributed by atoms with E-state index in [0.717, 1.165) is 30.9 Å². The van der Waals surface area contributed by atoms with Gasteiger partial charge < -0.3 is 9.84 Å². The molecule has 3 rings (SSSR count). The summed E-state index contributed by atoms with van der Waals surface area (Å²) in [6.07, 6.45) is 8.60. The van der Waals surface area contributed by atoms with E-state index in [-0.39, 0.29) is 18.1 Å². The summed E-state index contributed by atoms with van der Waals surface area (Å²) in [5.74, 6) is 0.999. The lowest BCUT2D eigenvalue weighted by atomic mass is 9.83. The predicted molar refractivity (Wildman–Crippen MR) is 85.4 cm³/mol. The van der Waals surface area contributed by atoms with Gasteiger partial charge in [-0.25, -0.2) is 0 Å². The second-order valence-corrected chi connectivity index (χ2v) is 6.72. The van der Waals surface area contributed by atoms with E-state index in [1.165, 1.54) is 37.7 Å². The minimum absolute atomic E-state index is 0.220. The third kappa shape index (κ3) is 3.32. The average molecular weight is 288 g/mol. The van der Waals surface area contributed by atoms with Crippen molar-refractivity contribution < 1.29 is 9.84 Å². The first-order valence-corrected chi connectivity index (χ1v) is 8.69. The van der Waals surface area contributed by atoms with Crippen molar-refractivity contribution in [3.05, 3.63) is 35.4 Å². The van der Waals surface area contributed by atoms with Gasteiger partial charge in [0.2, 0.25) is 0 Å². The van der Waals surface area contributed by atoms with Crippen LogP contribution in [0.25, 0.3) is 0 Å². The molecule has 1 aromatic carbocycles. The van der Waals surface area contributed by atoms with Gasteiger partial charge >= 0.3 is 0 Å². The van der Waals surface area contributed by atoms with Crippen LogP contribution in [0.15, 0.2) is 24.3 Å². The van der Waals surface area contributed by atoms with Crippen LogP contribution in [0.3, 0.4) is 0 Å². The zero-order chi connectivity index (χ0) is 14.7. The molecule has 0 aromatic heterocycles. The molecule has 1 N–H and O–H groups in total. The molecule has 1 heterocycles. The lowest BCUT2D eigenvalue weighted by Crippen LogP contribution is -2.22. The first-order chi connectivity index (χ1) is 10.3. The molecule has 116 valence electrons. The Kier molecular flexibility index (Phi) is 4.97. The maximum Gasteiger partial charge on any atom is 0.0843 e. The molecule has 2 nitrogen and oxygen atoms in total. The first kappa shape index (κ1) is 15.1. The summed E-state index contributed by atoms with van der Waals surface area (Å²) in [5.41, 5.74) is 2.52. The summed E-state index contributed by atoms with van der Waals surface area (Å²) in [4.78, 5) is 0. The number of hydrogen-bond donors (Lipinski definition) is 1. The Morgan fingerprint density at radius 3 is 2.48 bits per heavy atom. The minimum atomic E-state index is -0.377. The Morgan fingerprint density at radius 2 is 1.81 bits per heavy atom. The van der Waals surface area contributed by atoms with E-state index in [9.17, 15) is 5.11 Å². The molecular weight excluding hydrogens is 260 g/mol. The Labute approximate surface area is 128 Å². The van der Waals surface area contributed by atoms with Gasteiger partial charge in [0, 0.05) is 12.5 Å². The van der Waals surface area contributed by atoms with Crippen LogP contribution in [0.2, 0.25) is 0 Å². The number of benzene rings is 1. The van der Waals surface area contributed by atoms with Gasteiger partial charge in [0.05, 0.1) is 12.2 Å². The molecule has 1 aliphatic heterocycles. The number of rotatable bonds is 4. The molecule has 2 heteroatoms. The van der Waals surface area contributed by atoms with Crippen molar-refractivity contribution in [2.24, 2.45) is 5.92 Å². The highest BCUT2D eigenvalue weighted by Gasteiger charge is 2.33. The fourth-order valence-electron chi connectivity index (χ4n) is 4.10. The van der Waals surface area contributed by atoms with E-state index in [0.29, 0.717) is 0 Å². The minimum Gasteiger partial charge on any atom is -0.388 e. The van der Waals surface area contributed by atoms with Crippen molar-refractivity contribution in [1.82, 2.24) is 0 Å². The van der Waals surface area contributed by atoms with Crippen molar-refractivity contribution in [3.8, 4) is 0 Å². The van der Waals surface area contributed by atoms with Crippen LogP contribution in [0.5, 0.6) is 0 Å². The molecule has 1 saturated carbocycles. The Morgan fingerprint density at radius 1 is 1.10 bits per heavy atom. The SMILES string of the molecule is CCC1OCCC1C(O)c1ccc(C2CCCCC2)cc1. The van der Waals surface area contributed by atoms with Gasteiger partial charge in [-0.1, -0.05) is 50.5 Å². The van der Waals surface area contributed by atoms with Crippen molar-refractivity contribution in [3.63, 3.8) is 0 Å². The fraction of sp³-hybridized carbons (Fsp3) is 0.684. The Balaban J connectivity index is 1.68. The molecular formula is C19H28O2. The molecule has 3 unspecified atom stereocenters. The summed E-state index contributed by atoms with van der Waals surface area (Å²) < 4.78 is 5.72. The van der Waals surface area contributed by atoms with Crippen molar-refractivity contribution in [2.45, 2.75) is 70.0 Å². The molecule has 1 aromatic rings. The molecule has 0 spiro atoms. The Bertz CT molecular complexity index is 433. The molecule has 0 bridgehead atoms. The van der Waals surface area contributed by atoms with Crippen molar-refractivity contribution in [2.75, 3.05) is 6.61 Å². The highest BCUT2D eigenvalue weighted by molar-refractivity contribution is 5.27. The molecule has 2 aliphatic rings. The van der Waals surface area contributed by atoms with Crippen LogP contribution in [-0.2, 0) is 4.74 Å². The van der Waals surface area contributed by atoms with Crippen molar-refractivity contribution >= 4 is 0 Å². The summed E-state index contributed by atoms with van der Waals surface area (Å²) >= 11 is 0. The normalized spacial score (nSPS) is 28.7. The monoisotopic (exact) mass is 288 g/mol. The van der Waals surface area contributed by atoms with E-state index >= 15 is 0 Å². The smallest absolute Gasteiger partial charge is 0.0843 e. The third-order valence-electron chi connectivity index (χ3n) is 5.42.